The first-order valence-corrected chi connectivity index (χ1v) is 8.91. The first kappa shape index (κ1) is 18.0. The van der Waals surface area contributed by atoms with Crippen LogP contribution in [0.1, 0.15) is 18.4 Å². The van der Waals surface area contributed by atoms with Crippen LogP contribution in [0, 0.1) is 5.92 Å². The number of nitrogens with zero attached hydrogens (tertiary/aromatic N) is 1. The molecule has 1 fully saturated rings. The molecule has 1 N–H and O–H groups in total. The molecule has 0 aliphatic carbocycles. The molecule has 2 amide bonds. The van der Waals surface area contributed by atoms with Gasteiger partial charge in [-0.05, 0) is 36.2 Å². The Balaban J connectivity index is 1.42. The molecule has 0 bridgehead atoms. The van der Waals surface area contributed by atoms with Crippen molar-refractivity contribution in [2.75, 3.05) is 25.1 Å². The summed E-state index contributed by atoms with van der Waals surface area (Å²) in [5.41, 5.74) is 2.03. The van der Waals surface area contributed by atoms with E-state index in [9.17, 15) is 9.59 Å². The van der Waals surface area contributed by atoms with Gasteiger partial charge in [-0.25, -0.2) is 0 Å². The van der Waals surface area contributed by atoms with Gasteiger partial charge in [-0.1, -0.05) is 30.3 Å². The van der Waals surface area contributed by atoms with E-state index in [4.69, 9.17) is 4.74 Å². The largest absolute Gasteiger partial charge is 0.497 e. The molecular formula is C21H24N2O3. The molecule has 0 unspecified atom stereocenters. The molecule has 1 aliphatic heterocycles. The number of ether oxygens (including phenoxy) is 1. The van der Waals surface area contributed by atoms with Crippen LogP contribution in [0.2, 0.25) is 0 Å². The number of carbonyl (C=O) groups excluding carboxylic acids is 2. The van der Waals surface area contributed by atoms with Gasteiger partial charge in [-0.2, -0.15) is 0 Å². The summed E-state index contributed by atoms with van der Waals surface area (Å²) in [6.07, 6.45) is 1.61. The van der Waals surface area contributed by atoms with Crippen LogP contribution >= 0.6 is 0 Å². The van der Waals surface area contributed by atoms with E-state index in [0.29, 0.717) is 32.4 Å². The molecule has 0 saturated carbocycles. The Hall–Kier alpha value is -2.82. The highest BCUT2D eigenvalue weighted by atomic mass is 16.5. The zero-order chi connectivity index (χ0) is 18.4. The fourth-order valence-corrected chi connectivity index (χ4v) is 3.17. The predicted molar refractivity (Wildman–Crippen MR) is 101 cm³/mol. The third-order valence-corrected chi connectivity index (χ3v) is 4.66. The maximum Gasteiger partial charge on any atom is 0.227 e. The zero-order valence-electron chi connectivity index (χ0n) is 15.0. The molecule has 26 heavy (non-hydrogen) atoms. The van der Waals surface area contributed by atoms with Crippen molar-refractivity contribution in [3.05, 3.63) is 60.2 Å². The van der Waals surface area contributed by atoms with E-state index in [0.717, 1.165) is 17.0 Å². The summed E-state index contributed by atoms with van der Waals surface area (Å²) in [7, 11) is 1.63. The molecule has 2 aromatic carbocycles. The van der Waals surface area contributed by atoms with E-state index in [1.54, 1.807) is 12.0 Å². The Kier molecular flexibility index (Phi) is 5.89. The van der Waals surface area contributed by atoms with Crippen molar-refractivity contribution >= 4 is 17.5 Å². The highest BCUT2D eigenvalue weighted by Gasteiger charge is 2.30. The normalized spacial score (nSPS) is 16.6. The number of anilines is 1. The number of nitrogens with one attached hydrogen (secondary N) is 1. The number of aryl methyl sites for hydroxylation is 1. The molecule has 1 saturated heterocycles. The Labute approximate surface area is 154 Å². The lowest BCUT2D eigenvalue weighted by molar-refractivity contribution is -0.121. The number of para-hydroxylation sites is 1. The minimum absolute atomic E-state index is 0.0198. The van der Waals surface area contributed by atoms with Crippen LogP contribution in [0.15, 0.2) is 54.6 Å². The Morgan fingerprint density at radius 2 is 1.88 bits per heavy atom. The molecular weight excluding hydrogens is 328 g/mol. The van der Waals surface area contributed by atoms with Gasteiger partial charge < -0.3 is 15.0 Å². The fraction of sp³-hybridized carbons (Fsp3) is 0.333. The average molecular weight is 352 g/mol. The lowest BCUT2D eigenvalue weighted by Crippen LogP contribution is -2.31. The highest BCUT2D eigenvalue weighted by molar-refractivity contribution is 5.95. The summed E-state index contributed by atoms with van der Waals surface area (Å²) in [5.74, 6) is 1.11. The minimum atomic E-state index is 0.0198. The van der Waals surface area contributed by atoms with Gasteiger partial charge in [0.25, 0.3) is 0 Å². The molecule has 0 aromatic heterocycles. The molecule has 1 atom stereocenters. The van der Waals surface area contributed by atoms with Crippen molar-refractivity contribution in [2.45, 2.75) is 19.3 Å². The maximum atomic E-state index is 12.2. The Bertz CT molecular complexity index is 744. The SMILES string of the molecule is COc1ccc(CCC(=O)NC[C@H]2CC(=O)N(c3ccccc3)C2)cc1. The van der Waals surface area contributed by atoms with Crippen LogP contribution in [0.5, 0.6) is 5.75 Å². The van der Waals surface area contributed by atoms with Crippen molar-refractivity contribution in [3.8, 4) is 5.75 Å². The second-order valence-electron chi connectivity index (χ2n) is 6.56. The van der Waals surface area contributed by atoms with Gasteiger partial charge in [-0.3, -0.25) is 9.59 Å². The van der Waals surface area contributed by atoms with Crippen LogP contribution in [0.3, 0.4) is 0 Å². The number of benzene rings is 2. The van der Waals surface area contributed by atoms with E-state index in [1.807, 2.05) is 54.6 Å². The lowest BCUT2D eigenvalue weighted by Gasteiger charge is -2.16. The topological polar surface area (TPSA) is 58.6 Å². The number of amides is 2. The fourth-order valence-electron chi connectivity index (χ4n) is 3.17. The summed E-state index contributed by atoms with van der Waals surface area (Å²) in [4.78, 5) is 26.1. The number of hydrogen-bond donors (Lipinski definition) is 1. The number of methoxy groups -OCH3 is 1. The second kappa shape index (κ2) is 8.52. The van der Waals surface area contributed by atoms with Gasteiger partial charge in [0, 0.05) is 37.5 Å². The molecule has 1 heterocycles. The van der Waals surface area contributed by atoms with E-state index in [-0.39, 0.29) is 17.7 Å². The van der Waals surface area contributed by atoms with Gasteiger partial charge in [0.15, 0.2) is 0 Å². The first-order chi connectivity index (χ1) is 12.7. The van der Waals surface area contributed by atoms with Crippen LogP contribution in [0.25, 0.3) is 0 Å². The van der Waals surface area contributed by atoms with Crippen molar-refractivity contribution in [3.63, 3.8) is 0 Å². The summed E-state index contributed by atoms with van der Waals surface area (Å²) in [6, 6.07) is 17.4. The Morgan fingerprint density at radius 1 is 1.15 bits per heavy atom. The molecule has 5 heteroatoms. The van der Waals surface area contributed by atoms with Gasteiger partial charge in [0.05, 0.1) is 7.11 Å². The minimum Gasteiger partial charge on any atom is -0.497 e. The molecule has 0 radical (unpaired) electrons. The van der Waals surface area contributed by atoms with Crippen LogP contribution in [0.4, 0.5) is 5.69 Å². The van der Waals surface area contributed by atoms with Gasteiger partial charge >= 0.3 is 0 Å². The number of rotatable bonds is 7. The Morgan fingerprint density at radius 3 is 2.58 bits per heavy atom. The second-order valence-corrected chi connectivity index (χ2v) is 6.56. The molecule has 2 aromatic rings. The molecule has 0 spiro atoms. The van der Waals surface area contributed by atoms with Gasteiger partial charge in [0.1, 0.15) is 5.75 Å². The third kappa shape index (κ3) is 4.63. The van der Waals surface area contributed by atoms with Crippen molar-refractivity contribution in [2.24, 2.45) is 5.92 Å². The van der Waals surface area contributed by atoms with E-state index in [2.05, 4.69) is 5.32 Å². The van der Waals surface area contributed by atoms with Gasteiger partial charge in [-0.15, -0.1) is 0 Å². The summed E-state index contributed by atoms with van der Waals surface area (Å²) in [5, 5.41) is 2.97. The number of carbonyl (C=O) groups is 2. The quantitative estimate of drug-likeness (QED) is 0.834. The number of hydrogen-bond acceptors (Lipinski definition) is 3. The summed E-state index contributed by atoms with van der Waals surface area (Å²) in [6.45, 7) is 1.19. The van der Waals surface area contributed by atoms with Gasteiger partial charge in [0.2, 0.25) is 11.8 Å². The van der Waals surface area contributed by atoms with Crippen molar-refractivity contribution in [1.82, 2.24) is 5.32 Å². The smallest absolute Gasteiger partial charge is 0.227 e. The molecule has 3 rings (SSSR count). The lowest BCUT2D eigenvalue weighted by atomic mass is 10.1. The van der Waals surface area contributed by atoms with Crippen molar-refractivity contribution in [1.29, 1.82) is 0 Å². The maximum absolute atomic E-state index is 12.2. The van der Waals surface area contributed by atoms with Crippen molar-refractivity contribution < 1.29 is 14.3 Å². The molecule has 1 aliphatic rings. The summed E-state index contributed by atoms with van der Waals surface area (Å²) < 4.78 is 5.13. The predicted octanol–water partition coefficient (Wildman–Crippen LogP) is 2.80. The van der Waals surface area contributed by atoms with E-state index >= 15 is 0 Å². The summed E-state index contributed by atoms with van der Waals surface area (Å²) >= 11 is 0. The molecule has 5 nitrogen and oxygen atoms in total. The van der Waals surface area contributed by atoms with E-state index < -0.39 is 0 Å². The van der Waals surface area contributed by atoms with Crippen LogP contribution < -0.4 is 15.0 Å². The first-order valence-electron chi connectivity index (χ1n) is 8.91. The standard InChI is InChI=1S/C21H24N2O3/c1-26-19-10-7-16(8-11-19)9-12-20(24)22-14-17-13-21(25)23(15-17)18-5-3-2-4-6-18/h2-8,10-11,17H,9,12-15H2,1H3,(H,22,24)/t17-/m1/s1. The van der Waals surface area contributed by atoms with Crippen LogP contribution in [-0.2, 0) is 16.0 Å². The zero-order valence-corrected chi connectivity index (χ0v) is 15.0. The van der Waals surface area contributed by atoms with Crippen LogP contribution in [-0.4, -0.2) is 32.0 Å². The van der Waals surface area contributed by atoms with E-state index in [1.165, 1.54) is 0 Å². The average Bonchev–Trinajstić information content (AvgIpc) is 3.06. The highest BCUT2D eigenvalue weighted by Crippen LogP contribution is 2.24. The molecule has 136 valence electrons. The third-order valence-electron chi connectivity index (χ3n) is 4.66. The monoisotopic (exact) mass is 352 g/mol.